The number of carbonyl (C=O) groups is 2. The topological polar surface area (TPSA) is 138 Å². The molecule has 8 heteroatoms. The average molecular weight is 434 g/mol. The van der Waals surface area contributed by atoms with Crippen LogP contribution in [-0.2, 0) is 24.1 Å². The normalized spacial score (nSPS) is 42.1. The molecule has 31 heavy (non-hydrogen) atoms. The zero-order valence-electron chi connectivity index (χ0n) is 19.0. The first-order chi connectivity index (χ1) is 14.5. The van der Waals surface area contributed by atoms with Crippen molar-refractivity contribution in [2.24, 2.45) is 33.5 Å². The summed E-state index contributed by atoms with van der Waals surface area (Å²) in [6.45, 7) is 12.9. The van der Waals surface area contributed by atoms with Gasteiger partial charge in [-0.3, -0.25) is 24.1 Å². The van der Waals surface area contributed by atoms with Crippen molar-refractivity contribution < 1.29 is 24.1 Å². The van der Waals surface area contributed by atoms with Crippen molar-refractivity contribution in [3.63, 3.8) is 0 Å². The molecule has 5 aliphatic rings. The molecule has 0 radical (unpaired) electrons. The molecule has 3 heterocycles. The van der Waals surface area contributed by atoms with E-state index in [0.717, 1.165) is 6.42 Å². The van der Waals surface area contributed by atoms with E-state index in [4.69, 9.17) is 14.5 Å². The van der Waals surface area contributed by atoms with Crippen LogP contribution >= 0.6 is 0 Å². The third kappa shape index (κ3) is 3.52. The van der Waals surface area contributed by atoms with Crippen LogP contribution < -0.4 is 16.4 Å². The fourth-order valence-electron chi connectivity index (χ4n) is 7.58. The Morgan fingerprint density at radius 1 is 0.935 bits per heavy atom. The van der Waals surface area contributed by atoms with Crippen molar-refractivity contribution in [3.05, 3.63) is 12.7 Å². The lowest BCUT2D eigenvalue weighted by Crippen LogP contribution is -2.54. The van der Waals surface area contributed by atoms with Gasteiger partial charge in [0, 0.05) is 24.2 Å². The first kappa shape index (κ1) is 21.7. The lowest BCUT2D eigenvalue weighted by molar-refractivity contribution is -0.150. The van der Waals surface area contributed by atoms with Crippen LogP contribution in [0.1, 0.15) is 66.2 Å². The van der Waals surface area contributed by atoms with Crippen molar-refractivity contribution in [1.82, 2.24) is 16.4 Å². The summed E-state index contributed by atoms with van der Waals surface area (Å²) in [5, 5.41) is 0. The van der Waals surface area contributed by atoms with Gasteiger partial charge in [-0.15, -0.1) is 6.58 Å². The Labute approximate surface area is 183 Å². The van der Waals surface area contributed by atoms with Gasteiger partial charge >= 0.3 is 0 Å². The van der Waals surface area contributed by atoms with Crippen LogP contribution in [0.25, 0.3) is 0 Å². The first-order valence-electron chi connectivity index (χ1n) is 11.5. The monoisotopic (exact) mass is 433 g/mol. The summed E-state index contributed by atoms with van der Waals surface area (Å²) in [7, 11) is 0. The van der Waals surface area contributed by atoms with E-state index in [2.05, 4.69) is 50.7 Å². The molecule has 3 saturated heterocycles. The summed E-state index contributed by atoms with van der Waals surface area (Å²) in [5.41, 5.74) is 6.62. The number of Topliss-reactive ketones (excluding diaryl/α,β-unsaturated/α-hetero) is 2. The van der Waals surface area contributed by atoms with E-state index in [1.165, 1.54) is 0 Å². The van der Waals surface area contributed by atoms with Gasteiger partial charge in [-0.2, -0.15) is 16.4 Å². The Morgan fingerprint density at radius 3 is 1.94 bits per heavy atom. The molecular formula is C23H35N3O5. The predicted octanol–water partition coefficient (Wildman–Crippen LogP) is 2.52. The van der Waals surface area contributed by atoms with E-state index < -0.39 is 10.8 Å². The van der Waals surface area contributed by atoms with Gasteiger partial charge < -0.3 is 0 Å². The number of carbonyl (C=O) groups excluding carboxylic acids is 2. The van der Waals surface area contributed by atoms with E-state index in [-0.39, 0.29) is 47.0 Å². The van der Waals surface area contributed by atoms with Crippen LogP contribution in [0, 0.1) is 33.5 Å². The molecular weight excluding hydrogens is 398 g/mol. The van der Waals surface area contributed by atoms with Crippen LogP contribution in [0.4, 0.5) is 0 Å². The number of rotatable bonds is 8. The lowest BCUT2D eigenvalue weighted by Gasteiger charge is -2.57. The van der Waals surface area contributed by atoms with Crippen molar-refractivity contribution in [3.8, 4) is 0 Å². The Balaban J connectivity index is 1.56. The molecule has 5 fully saturated rings. The van der Waals surface area contributed by atoms with Gasteiger partial charge in [0.05, 0.1) is 5.41 Å². The quantitative estimate of drug-likeness (QED) is 0.302. The summed E-state index contributed by atoms with van der Waals surface area (Å²) >= 11 is 0. The number of ketones is 2. The first-order valence-corrected chi connectivity index (χ1v) is 11.5. The highest BCUT2D eigenvalue weighted by Crippen LogP contribution is 2.68. The van der Waals surface area contributed by atoms with Crippen LogP contribution in [0.5, 0.6) is 0 Å². The van der Waals surface area contributed by atoms with Crippen LogP contribution in [0.15, 0.2) is 12.7 Å². The minimum Gasteiger partial charge on any atom is -0.298 e. The van der Waals surface area contributed by atoms with E-state index in [1.807, 2.05) is 0 Å². The molecule has 5 atom stereocenters. The standard InChI is InChI=1S/C23H35N3O5/c1-6-7-22(10-17-26-31-17)18(27)13(8-15-24-29-15)23(19(22)28)11-20(2,3)14(9-16-25-30-16)21(4,5)12-23/h6,13-17,24-26H,1,7-12H2,2-5H3. The summed E-state index contributed by atoms with van der Waals surface area (Å²) in [6.07, 6.45) is 4.98. The second-order valence-corrected chi connectivity index (χ2v) is 11.7. The Morgan fingerprint density at radius 2 is 1.45 bits per heavy atom. The molecule has 1 spiro atoms. The maximum absolute atomic E-state index is 14.4. The smallest absolute Gasteiger partial charge is 0.153 e. The maximum Gasteiger partial charge on any atom is 0.153 e. The third-order valence-corrected chi connectivity index (χ3v) is 8.55. The molecule has 5 rings (SSSR count). The van der Waals surface area contributed by atoms with Gasteiger partial charge in [0.15, 0.2) is 30.3 Å². The summed E-state index contributed by atoms with van der Waals surface area (Å²) in [5.74, 6) is 0.137. The molecule has 0 aromatic carbocycles. The summed E-state index contributed by atoms with van der Waals surface area (Å²) in [6, 6.07) is 0. The number of hydrogen-bond donors (Lipinski definition) is 3. The number of hydroxylamine groups is 3. The van der Waals surface area contributed by atoms with E-state index in [0.29, 0.717) is 38.0 Å². The fourth-order valence-corrected chi connectivity index (χ4v) is 7.58. The molecule has 2 aliphatic carbocycles. The van der Waals surface area contributed by atoms with Crippen molar-refractivity contribution >= 4 is 11.6 Å². The molecule has 3 N–H and O–H groups in total. The SMILES string of the molecule is C=CCC1(CC2NO2)C(=O)C(CC2NO2)C2(CC(C)(C)C(CC3NO3)C(C)(C)C2)C1=O. The van der Waals surface area contributed by atoms with Crippen molar-refractivity contribution in [2.75, 3.05) is 0 Å². The molecule has 5 unspecified atom stereocenters. The molecule has 0 aromatic rings. The van der Waals surface area contributed by atoms with Crippen LogP contribution in [-0.4, -0.2) is 30.3 Å². The van der Waals surface area contributed by atoms with Gasteiger partial charge in [-0.1, -0.05) is 33.8 Å². The average Bonchev–Trinajstić information content (AvgIpc) is 3.50. The van der Waals surface area contributed by atoms with E-state index in [1.54, 1.807) is 6.08 Å². The van der Waals surface area contributed by atoms with Gasteiger partial charge in [0.2, 0.25) is 0 Å². The van der Waals surface area contributed by atoms with Crippen LogP contribution in [0.3, 0.4) is 0 Å². The zero-order valence-corrected chi connectivity index (χ0v) is 19.0. The molecule has 3 aliphatic heterocycles. The van der Waals surface area contributed by atoms with E-state index in [9.17, 15) is 9.59 Å². The molecule has 172 valence electrons. The van der Waals surface area contributed by atoms with Gasteiger partial charge in [0.25, 0.3) is 0 Å². The molecule has 8 nitrogen and oxygen atoms in total. The lowest BCUT2D eigenvalue weighted by atomic mass is 9.46. The number of hydrogen-bond acceptors (Lipinski definition) is 8. The second-order valence-electron chi connectivity index (χ2n) is 11.7. The Kier molecular flexibility index (Phi) is 4.84. The second kappa shape index (κ2) is 6.92. The van der Waals surface area contributed by atoms with Gasteiger partial charge in [0.1, 0.15) is 0 Å². The van der Waals surface area contributed by atoms with Gasteiger partial charge in [-0.25, -0.2) is 0 Å². The largest absolute Gasteiger partial charge is 0.298 e. The number of allylic oxidation sites excluding steroid dienone is 1. The fraction of sp³-hybridized carbons (Fsp3) is 0.826. The third-order valence-electron chi connectivity index (χ3n) is 8.55. The molecule has 2 saturated carbocycles. The highest BCUT2D eigenvalue weighted by Gasteiger charge is 2.72. The predicted molar refractivity (Wildman–Crippen MR) is 111 cm³/mol. The van der Waals surface area contributed by atoms with Crippen molar-refractivity contribution in [1.29, 1.82) is 0 Å². The minimum absolute atomic E-state index is 0.0456. The van der Waals surface area contributed by atoms with Crippen molar-refractivity contribution in [2.45, 2.75) is 84.9 Å². The minimum atomic E-state index is -1.07. The van der Waals surface area contributed by atoms with Gasteiger partial charge in [-0.05, 0) is 42.4 Å². The summed E-state index contributed by atoms with van der Waals surface area (Å²) < 4.78 is 0. The molecule has 0 aromatic heterocycles. The Bertz CT molecular complexity index is 781. The Hall–Kier alpha value is -1.16. The highest BCUT2D eigenvalue weighted by molar-refractivity contribution is 6.17. The maximum atomic E-state index is 14.4. The molecule has 0 bridgehead atoms. The van der Waals surface area contributed by atoms with Crippen LogP contribution in [0.2, 0.25) is 0 Å². The highest BCUT2D eigenvalue weighted by atomic mass is 16.8. The van der Waals surface area contributed by atoms with E-state index >= 15 is 0 Å². The zero-order chi connectivity index (χ0) is 22.2. The summed E-state index contributed by atoms with van der Waals surface area (Å²) in [4.78, 5) is 44.4. The molecule has 0 amide bonds. The number of nitrogens with one attached hydrogen (secondary N) is 3.